The average Bonchev–Trinajstić information content (AvgIpc) is 3.09. The maximum absolute atomic E-state index is 12.5. The Labute approximate surface area is 140 Å². The number of carboxylic acid groups (broad SMARTS) is 1. The number of carbonyl (C=O) groups excluding carboxylic acids is 1. The lowest BCUT2D eigenvalue weighted by Gasteiger charge is -2.14. The largest absolute Gasteiger partial charge is 0.478 e. The Kier molecular flexibility index (Phi) is 4.10. The molecule has 0 spiro atoms. The first-order valence-electron chi connectivity index (χ1n) is 6.21. The van der Waals surface area contributed by atoms with Gasteiger partial charge in [-0.1, -0.05) is 30.0 Å². The number of carbonyl (C=O) groups is 2. The van der Waals surface area contributed by atoms with Crippen molar-refractivity contribution in [3.8, 4) is 0 Å². The average molecular weight is 347 g/mol. The van der Waals surface area contributed by atoms with Crippen LogP contribution in [-0.2, 0) is 4.79 Å². The van der Waals surface area contributed by atoms with Crippen molar-refractivity contribution in [2.45, 2.75) is 0 Å². The third kappa shape index (κ3) is 2.83. The number of aromatic carboxylic acids is 1. The Morgan fingerprint density at radius 1 is 1.23 bits per heavy atom. The summed E-state index contributed by atoms with van der Waals surface area (Å²) in [6.07, 6.45) is 1.82. The number of hydrogen-bond donors (Lipinski definition) is 1. The molecule has 1 N–H and O–H groups in total. The smallest absolute Gasteiger partial charge is 0.335 e. The van der Waals surface area contributed by atoms with E-state index in [1.165, 1.54) is 28.8 Å². The van der Waals surface area contributed by atoms with Gasteiger partial charge in [0.2, 0.25) is 0 Å². The molecule has 2 heterocycles. The molecule has 2 aromatic rings. The SMILES string of the molecule is O=C(O)c1ccc(N2C(=O)C(=Cc3cccs3)SC2=S)cc1. The van der Waals surface area contributed by atoms with Crippen molar-refractivity contribution in [3.63, 3.8) is 0 Å². The maximum atomic E-state index is 12.5. The minimum absolute atomic E-state index is 0.170. The molecule has 1 aromatic heterocycles. The van der Waals surface area contributed by atoms with Crippen LogP contribution in [0, 0.1) is 0 Å². The van der Waals surface area contributed by atoms with Gasteiger partial charge in [-0.25, -0.2) is 4.79 Å². The topological polar surface area (TPSA) is 57.6 Å². The zero-order valence-electron chi connectivity index (χ0n) is 11.1. The van der Waals surface area contributed by atoms with E-state index < -0.39 is 5.97 Å². The van der Waals surface area contributed by atoms with Gasteiger partial charge in [-0.05, 0) is 41.8 Å². The van der Waals surface area contributed by atoms with Crippen LogP contribution in [0.15, 0.2) is 46.7 Å². The summed E-state index contributed by atoms with van der Waals surface area (Å²) in [5.41, 5.74) is 0.741. The standard InChI is InChI=1S/C15H9NO3S3/c17-13-12(8-11-2-1-7-21-11)22-15(20)16(13)10-5-3-9(4-6-10)14(18)19/h1-8H,(H,18,19). The molecule has 110 valence electrons. The van der Waals surface area contributed by atoms with Gasteiger partial charge in [0, 0.05) is 4.88 Å². The number of thiophene rings is 1. The molecular weight excluding hydrogens is 338 g/mol. The Morgan fingerprint density at radius 3 is 2.55 bits per heavy atom. The third-order valence-corrected chi connectivity index (χ3v) is 5.10. The van der Waals surface area contributed by atoms with Gasteiger partial charge >= 0.3 is 5.97 Å². The van der Waals surface area contributed by atoms with E-state index in [0.29, 0.717) is 14.9 Å². The van der Waals surface area contributed by atoms with Crippen molar-refractivity contribution >= 4 is 63.3 Å². The van der Waals surface area contributed by atoms with E-state index in [0.717, 1.165) is 4.88 Å². The zero-order chi connectivity index (χ0) is 15.7. The molecule has 22 heavy (non-hydrogen) atoms. The van der Waals surface area contributed by atoms with E-state index >= 15 is 0 Å². The molecule has 4 nitrogen and oxygen atoms in total. The zero-order valence-corrected chi connectivity index (χ0v) is 13.5. The molecule has 1 aliphatic rings. The summed E-state index contributed by atoms with van der Waals surface area (Å²) < 4.78 is 0.441. The van der Waals surface area contributed by atoms with Crippen LogP contribution in [0.1, 0.15) is 15.2 Å². The predicted octanol–water partition coefficient (Wildman–Crippen LogP) is 3.85. The lowest BCUT2D eigenvalue weighted by atomic mass is 10.2. The van der Waals surface area contributed by atoms with E-state index in [-0.39, 0.29) is 11.5 Å². The van der Waals surface area contributed by atoms with Crippen LogP contribution < -0.4 is 4.90 Å². The van der Waals surface area contributed by atoms with Crippen molar-refractivity contribution in [3.05, 3.63) is 57.1 Å². The molecule has 0 radical (unpaired) electrons. The van der Waals surface area contributed by atoms with Crippen LogP contribution in [-0.4, -0.2) is 21.3 Å². The molecule has 1 aromatic carbocycles. The van der Waals surface area contributed by atoms with Crippen LogP contribution in [0.25, 0.3) is 6.08 Å². The van der Waals surface area contributed by atoms with Gasteiger partial charge < -0.3 is 5.11 Å². The van der Waals surface area contributed by atoms with Gasteiger partial charge in [0.25, 0.3) is 5.91 Å². The molecule has 3 rings (SSSR count). The van der Waals surface area contributed by atoms with Crippen molar-refractivity contribution < 1.29 is 14.7 Å². The predicted molar refractivity (Wildman–Crippen MR) is 93.4 cm³/mol. The van der Waals surface area contributed by atoms with E-state index in [2.05, 4.69) is 0 Å². The number of hydrogen-bond acceptors (Lipinski definition) is 5. The summed E-state index contributed by atoms with van der Waals surface area (Å²) in [7, 11) is 0. The van der Waals surface area contributed by atoms with Gasteiger partial charge in [-0.2, -0.15) is 0 Å². The van der Waals surface area contributed by atoms with Gasteiger partial charge in [-0.15, -0.1) is 11.3 Å². The normalized spacial score (nSPS) is 16.5. The Balaban J connectivity index is 1.90. The Hall–Kier alpha value is -1.96. The highest BCUT2D eigenvalue weighted by atomic mass is 32.2. The maximum Gasteiger partial charge on any atom is 0.335 e. The number of nitrogens with zero attached hydrogens (tertiary/aromatic N) is 1. The second kappa shape index (κ2) is 6.04. The highest BCUT2D eigenvalue weighted by Gasteiger charge is 2.33. The third-order valence-electron chi connectivity index (χ3n) is 2.98. The molecule has 0 saturated carbocycles. The number of carboxylic acids is 1. The highest BCUT2D eigenvalue weighted by Crippen LogP contribution is 2.36. The van der Waals surface area contributed by atoms with E-state index in [4.69, 9.17) is 17.3 Å². The summed E-state index contributed by atoms with van der Waals surface area (Å²) in [4.78, 5) is 26.3. The molecule has 0 aliphatic carbocycles. The molecule has 1 amide bonds. The lowest BCUT2D eigenvalue weighted by molar-refractivity contribution is -0.113. The Morgan fingerprint density at radius 2 is 1.95 bits per heavy atom. The first kappa shape index (κ1) is 15.0. The molecular formula is C15H9NO3S3. The van der Waals surface area contributed by atoms with E-state index in [1.807, 2.05) is 23.6 Å². The fourth-order valence-corrected chi connectivity index (χ4v) is 3.97. The summed E-state index contributed by atoms with van der Waals surface area (Å²) in [6, 6.07) is 9.93. The van der Waals surface area contributed by atoms with Crippen LogP contribution in [0.2, 0.25) is 0 Å². The second-order valence-electron chi connectivity index (χ2n) is 4.38. The second-order valence-corrected chi connectivity index (χ2v) is 7.04. The molecule has 0 unspecified atom stereocenters. The number of benzene rings is 1. The van der Waals surface area contributed by atoms with Gasteiger partial charge in [0.05, 0.1) is 16.2 Å². The number of rotatable bonds is 3. The number of thiocarbonyl (C=S) groups is 1. The van der Waals surface area contributed by atoms with Crippen LogP contribution in [0.4, 0.5) is 5.69 Å². The van der Waals surface area contributed by atoms with E-state index in [9.17, 15) is 9.59 Å². The Bertz CT molecular complexity index is 779. The van der Waals surface area contributed by atoms with E-state index in [1.54, 1.807) is 23.5 Å². The number of amides is 1. The quantitative estimate of drug-likeness (QED) is 0.675. The molecule has 0 bridgehead atoms. The van der Waals surface area contributed by atoms with Crippen LogP contribution >= 0.6 is 35.3 Å². The van der Waals surface area contributed by atoms with Gasteiger partial charge in [-0.3, -0.25) is 9.69 Å². The van der Waals surface area contributed by atoms with Crippen molar-refractivity contribution in [2.75, 3.05) is 4.90 Å². The van der Waals surface area contributed by atoms with Crippen LogP contribution in [0.5, 0.6) is 0 Å². The minimum Gasteiger partial charge on any atom is -0.478 e. The number of thioether (sulfide) groups is 1. The first-order chi connectivity index (χ1) is 10.6. The van der Waals surface area contributed by atoms with Crippen molar-refractivity contribution in [1.29, 1.82) is 0 Å². The molecule has 7 heteroatoms. The summed E-state index contributed by atoms with van der Waals surface area (Å²) in [5.74, 6) is -1.19. The molecule has 1 fully saturated rings. The van der Waals surface area contributed by atoms with Gasteiger partial charge in [0.15, 0.2) is 4.32 Å². The minimum atomic E-state index is -1.01. The summed E-state index contributed by atoms with van der Waals surface area (Å²) in [5, 5.41) is 10.9. The molecule has 1 saturated heterocycles. The van der Waals surface area contributed by atoms with Gasteiger partial charge in [0.1, 0.15) is 0 Å². The number of anilines is 1. The summed E-state index contributed by atoms with van der Waals surface area (Å²) in [6.45, 7) is 0. The summed E-state index contributed by atoms with van der Waals surface area (Å²) >= 11 is 8.06. The first-order valence-corrected chi connectivity index (χ1v) is 8.31. The fraction of sp³-hybridized carbons (Fsp3) is 0. The lowest BCUT2D eigenvalue weighted by Crippen LogP contribution is -2.27. The molecule has 0 atom stereocenters. The fourth-order valence-electron chi connectivity index (χ4n) is 1.95. The van der Waals surface area contributed by atoms with Crippen molar-refractivity contribution in [2.24, 2.45) is 0 Å². The highest BCUT2D eigenvalue weighted by molar-refractivity contribution is 8.27. The van der Waals surface area contributed by atoms with Crippen molar-refractivity contribution in [1.82, 2.24) is 0 Å². The monoisotopic (exact) mass is 347 g/mol. The molecule has 1 aliphatic heterocycles. The van der Waals surface area contributed by atoms with Crippen LogP contribution in [0.3, 0.4) is 0 Å².